The standard InChI is InChI=1S/C21H21Br2NO3/c22-16-10-6-14(7-11-16)19(25)20(15-8-12-17(23)13-9-15)27-21(26)24-18-4-2-1-3-5-18/h6-13,18,20H,1-5H2,(H,24,26). The fourth-order valence-corrected chi connectivity index (χ4v) is 3.76. The minimum absolute atomic E-state index is 0.125. The average Bonchev–Trinajstić information content (AvgIpc) is 2.68. The van der Waals surface area contributed by atoms with Crippen LogP contribution >= 0.6 is 31.9 Å². The first-order valence-corrected chi connectivity index (χ1v) is 10.6. The van der Waals surface area contributed by atoms with Crippen molar-refractivity contribution in [1.29, 1.82) is 0 Å². The Labute approximate surface area is 175 Å². The second-order valence-electron chi connectivity index (χ2n) is 6.69. The molecule has 2 aromatic rings. The number of carbonyl (C=O) groups excluding carboxylic acids is 2. The van der Waals surface area contributed by atoms with Gasteiger partial charge in [0.1, 0.15) is 0 Å². The quantitative estimate of drug-likeness (QED) is 0.504. The Bertz CT molecular complexity index is 784. The molecule has 4 nitrogen and oxygen atoms in total. The van der Waals surface area contributed by atoms with E-state index in [9.17, 15) is 9.59 Å². The lowest BCUT2D eigenvalue weighted by atomic mass is 9.96. The van der Waals surface area contributed by atoms with E-state index >= 15 is 0 Å². The number of nitrogens with one attached hydrogen (secondary N) is 1. The highest BCUT2D eigenvalue weighted by Crippen LogP contribution is 2.26. The van der Waals surface area contributed by atoms with Crippen molar-refractivity contribution >= 4 is 43.7 Å². The predicted molar refractivity (Wildman–Crippen MR) is 112 cm³/mol. The van der Waals surface area contributed by atoms with Crippen LogP contribution in [0.15, 0.2) is 57.5 Å². The highest BCUT2D eigenvalue weighted by molar-refractivity contribution is 9.10. The number of benzene rings is 2. The highest BCUT2D eigenvalue weighted by Gasteiger charge is 2.27. The van der Waals surface area contributed by atoms with Gasteiger partial charge in [-0.2, -0.15) is 0 Å². The normalized spacial score (nSPS) is 15.8. The lowest BCUT2D eigenvalue weighted by Crippen LogP contribution is -2.38. The first-order chi connectivity index (χ1) is 13.0. The van der Waals surface area contributed by atoms with E-state index in [2.05, 4.69) is 37.2 Å². The van der Waals surface area contributed by atoms with Crippen LogP contribution in [0, 0.1) is 0 Å². The van der Waals surface area contributed by atoms with Crippen LogP contribution in [0.4, 0.5) is 4.79 Å². The summed E-state index contributed by atoms with van der Waals surface area (Å²) >= 11 is 6.76. The molecule has 0 saturated heterocycles. The third-order valence-electron chi connectivity index (χ3n) is 4.69. The van der Waals surface area contributed by atoms with Crippen LogP contribution in [0.25, 0.3) is 0 Å². The maximum Gasteiger partial charge on any atom is 0.408 e. The van der Waals surface area contributed by atoms with Gasteiger partial charge in [-0.3, -0.25) is 4.79 Å². The Balaban J connectivity index is 1.78. The van der Waals surface area contributed by atoms with Crippen LogP contribution in [0.2, 0.25) is 0 Å². The van der Waals surface area contributed by atoms with Crippen molar-refractivity contribution in [3.8, 4) is 0 Å². The summed E-state index contributed by atoms with van der Waals surface area (Å²) in [5.41, 5.74) is 1.14. The van der Waals surface area contributed by atoms with Crippen molar-refractivity contribution in [3.05, 3.63) is 68.6 Å². The van der Waals surface area contributed by atoms with Crippen LogP contribution in [-0.4, -0.2) is 17.9 Å². The largest absolute Gasteiger partial charge is 0.433 e. The van der Waals surface area contributed by atoms with Gasteiger partial charge in [0.2, 0.25) is 5.78 Å². The van der Waals surface area contributed by atoms with Crippen molar-refractivity contribution < 1.29 is 14.3 Å². The van der Waals surface area contributed by atoms with E-state index in [1.807, 2.05) is 12.1 Å². The third kappa shape index (κ3) is 5.66. The van der Waals surface area contributed by atoms with Gasteiger partial charge >= 0.3 is 6.09 Å². The molecular weight excluding hydrogens is 474 g/mol. The molecule has 6 heteroatoms. The lowest BCUT2D eigenvalue weighted by Gasteiger charge is -2.24. The first-order valence-electron chi connectivity index (χ1n) is 9.05. The number of ketones is 1. The van der Waals surface area contributed by atoms with E-state index < -0.39 is 12.2 Å². The van der Waals surface area contributed by atoms with Gasteiger partial charge in [0.25, 0.3) is 0 Å². The molecule has 1 aliphatic carbocycles. The van der Waals surface area contributed by atoms with E-state index in [4.69, 9.17) is 4.74 Å². The second kappa shape index (κ2) is 9.51. The zero-order valence-corrected chi connectivity index (χ0v) is 18.0. The molecule has 1 atom stereocenters. The van der Waals surface area contributed by atoms with Gasteiger partial charge in [-0.1, -0.05) is 75.4 Å². The molecule has 0 spiro atoms. The molecule has 27 heavy (non-hydrogen) atoms. The van der Waals surface area contributed by atoms with Gasteiger partial charge in [0.15, 0.2) is 6.10 Å². The first kappa shape index (κ1) is 20.1. The summed E-state index contributed by atoms with van der Waals surface area (Å²) in [4.78, 5) is 25.5. The summed E-state index contributed by atoms with van der Waals surface area (Å²) in [6.45, 7) is 0. The fraction of sp³-hybridized carbons (Fsp3) is 0.333. The summed E-state index contributed by atoms with van der Waals surface area (Å²) in [7, 11) is 0. The van der Waals surface area contributed by atoms with Crippen LogP contribution in [-0.2, 0) is 4.74 Å². The molecule has 0 heterocycles. The van der Waals surface area contributed by atoms with E-state index in [0.29, 0.717) is 11.1 Å². The van der Waals surface area contributed by atoms with E-state index in [1.54, 1.807) is 36.4 Å². The molecule has 0 aromatic heterocycles. The number of amides is 1. The number of Topliss-reactive ketones (excluding diaryl/α,β-unsaturated/α-hetero) is 1. The monoisotopic (exact) mass is 493 g/mol. The number of hydrogen-bond donors (Lipinski definition) is 1. The molecule has 2 aromatic carbocycles. The summed E-state index contributed by atoms with van der Waals surface area (Å²) < 4.78 is 7.38. The molecule has 0 radical (unpaired) electrons. The third-order valence-corrected chi connectivity index (χ3v) is 5.75. The maximum atomic E-state index is 13.0. The Kier molecular flexibility index (Phi) is 7.07. The minimum atomic E-state index is -0.983. The number of ether oxygens (including phenoxy) is 1. The number of alkyl carbamates (subject to hydrolysis) is 1. The SMILES string of the molecule is O=C(NC1CCCCC1)OC(C(=O)c1ccc(Br)cc1)c1ccc(Br)cc1. The zero-order chi connectivity index (χ0) is 19.2. The Hall–Kier alpha value is -1.66. The predicted octanol–water partition coefficient (Wildman–Crippen LogP) is 6.19. The van der Waals surface area contributed by atoms with Crippen LogP contribution in [0.3, 0.4) is 0 Å². The number of carbonyl (C=O) groups is 2. The van der Waals surface area contributed by atoms with Gasteiger partial charge in [-0.15, -0.1) is 0 Å². The molecule has 142 valence electrons. The number of halogens is 2. The van der Waals surface area contributed by atoms with Gasteiger partial charge in [-0.25, -0.2) is 4.79 Å². The van der Waals surface area contributed by atoms with Crippen molar-refractivity contribution in [2.24, 2.45) is 0 Å². The molecule has 1 N–H and O–H groups in total. The lowest BCUT2D eigenvalue weighted by molar-refractivity contribution is 0.0613. The molecule has 0 aliphatic heterocycles. The van der Waals surface area contributed by atoms with Crippen LogP contribution < -0.4 is 5.32 Å². The Morgan fingerprint density at radius 1 is 0.889 bits per heavy atom. The van der Waals surface area contributed by atoms with E-state index in [-0.39, 0.29) is 11.8 Å². The molecule has 1 aliphatic rings. The van der Waals surface area contributed by atoms with Crippen molar-refractivity contribution in [3.63, 3.8) is 0 Å². The summed E-state index contributed by atoms with van der Waals surface area (Å²) in [6.07, 6.45) is 3.81. The minimum Gasteiger partial charge on any atom is -0.433 e. The number of hydrogen-bond acceptors (Lipinski definition) is 3. The van der Waals surface area contributed by atoms with Gasteiger partial charge in [0, 0.05) is 26.1 Å². The molecule has 0 bridgehead atoms. The summed E-state index contributed by atoms with van der Waals surface area (Å²) in [5.74, 6) is -0.247. The topological polar surface area (TPSA) is 55.4 Å². The second-order valence-corrected chi connectivity index (χ2v) is 8.52. The molecule has 3 rings (SSSR count). The van der Waals surface area contributed by atoms with Gasteiger partial charge in [-0.05, 0) is 37.1 Å². The molecule has 1 saturated carbocycles. The summed E-state index contributed by atoms with van der Waals surface area (Å²) in [5, 5.41) is 2.92. The molecular formula is C21H21Br2NO3. The van der Waals surface area contributed by atoms with Crippen molar-refractivity contribution in [2.45, 2.75) is 44.2 Å². The molecule has 1 amide bonds. The average molecular weight is 495 g/mol. The Morgan fingerprint density at radius 2 is 1.44 bits per heavy atom. The highest BCUT2D eigenvalue weighted by atomic mass is 79.9. The smallest absolute Gasteiger partial charge is 0.408 e. The summed E-state index contributed by atoms with van der Waals surface area (Å²) in [6, 6.07) is 14.4. The Morgan fingerprint density at radius 3 is 2.04 bits per heavy atom. The fourth-order valence-electron chi connectivity index (χ4n) is 3.23. The van der Waals surface area contributed by atoms with Crippen LogP contribution in [0.1, 0.15) is 54.1 Å². The zero-order valence-electron chi connectivity index (χ0n) is 14.8. The van der Waals surface area contributed by atoms with Crippen molar-refractivity contribution in [1.82, 2.24) is 5.32 Å². The van der Waals surface area contributed by atoms with E-state index in [1.165, 1.54) is 6.42 Å². The van der Waals surface area contributed by atoms with Crippen LogP contribution in [0.5, 0.6) is 0 Å². The number of rotatable bonds is 5. The maximum absolute atomic E-state index is 13.0. The molecule has 1 fully saturated rings. The van der Waals surface area contributed by atoms with E-state index in [0.717, 1.165) is 34.6 Å². The van der Waals surface area contributed by atoms with Gasteiger partial charge < -0.3 is 10.1 Å². The van der Waals surface area contributed by atoms with Crippen molar-refractivity contribution in [2.75, 3.05) is 0 Å². The molecule has 1 unspecified atom stereocenters. The van der Waals surface area contributed by atoms with Gasteiger partial charge in [0.05, 0.1) is 0 Å².